The molecule has 2 aromatic carbocycles. The Balaban J connectivity index is 1.46. The number of carbonyl (C=O) groups excluding carboxylic acids is 2. The average molecular weight is 353 g/mol. The molecule has 1 aliphatic heterocycles. The third-order valence-corrected chi connectivity index (χ3v) is 4.42. The van der Waals surface area contributed by atoms with Gasteiger partial charge in [0, 0.05) is 37.4 Å². The fourth-order valence-electron chi connectivity index (χ4n) is 2.95. The maximum absolute atomic E-state index is 12.4. The lowest BCUT2D eigenvalue weighted by atomic mass is 10.2. The number of anilines is 1. The number of hydrogen-bond acceptors (Lipinski definition) is 4. The van der Waals surface area contributed by atoms with Gasteiger partial charge in [-0.25, -0.2) is 0 Å². The summed E-state index contributed by atoms with van der Waals surface area (Å²) in [6, 6.07) is 16.5. The number of nitrogens with zero attached hydrogens (tertiary/aromatic N) is 2. The van der Waals surface area contributed by atoms with Gasteiger partial charge in [-0.1, -0.05) is 18.2 Å². The summed E-state index contributed by atoms with van der Waals surface area (Å²) in [5.74, 6) is 0.744. The smallest absolute Gasteiger partial charge is 0.253 e. The molecule has 6 nitrogen and oxygen atoms in total. The summed E-state index contributed by atoms with van der Waals surface area (Å²) in [4.78, 5) is 28.6. The Kier molecular flexibility index (Phi) is 5.86. The molecule has 2 aromatic rings. The minimum absolute atomic E-state index is 0.0490. The highest BCUT2D eigenvalue weighted by molar-refractivity contribution is 5.94. The Bertz CT molecular complexity index is 739. The molecule has 1 aliphatic rings. The number of nitrogens with one attached hydrogen (secondary N) is 1. The van der Waals surface area contributed by atoms with Crippen LogP contribution in [0.25, 0.3) is 0 Å². The lowest BCUT2D eigenvalue weighted by Gasteiger charge is -2.34. The number of rotatable bonds is 5. The Morgan fingerprint density at radius 1 is 0.962 bits per heavy atom. The fraction of sp³-hybridized carbons (Fsp3) is 0.300. The van der Waals surface area contributed by atoms with Crippen molar-refractivity contribution in [1.29, 1.82) is 0 Å². The van der Waals surface area contributed by atoms with E-state index in [9.17, 15) is 9.59 Å². The van der Waals surface area contributed by atoms with Crippen molar-refractivity contribution in [2.24, 2.45) is 0 Å². The molecule has 1 N–H and O–H groups in total. The Morgan fingerprint density at radius 2 is 1.62 bits per heavy atom. The topological polar surface area (TPSA) is 61.9 Å². The molecule has 0 aliphatic carbocycles. The monoisotopic (exact) mass is 353 g/mol. The molecular weight excluding hydrogens is 330 g/mol. The summed E-state index contributed by atoms with van der Waals surface area (Å²) in [7, 11) is 1.61. The second-order valence-electron chi connectivity index (χ2n) is 6.21. The third kappa shape index (κ3) is 4.61. The summed E-state index contributed by atoms with van der Waals surface area (Å²) in [5, 5.41) is 2.88. The molecule has 0 radical (unpaired) electrons. The van der Waals surface area contributed by atoms with Crippen LogP contribution in [0.5, 0.6) is 5.75 Å². The average Bonchev–Trinajstić information content (AvgIpc) is 2.69. The number of benzene rings is 2. The van der Waals surface area contributed by atoms with Crippen molar-refractivity contribution in [3.63, 3.8) is 0 Å². The van der Waals surface area contributed by atoms with Crippen LogP contribution in [0.15, 0.2) is 54.6 Å². The van der Waals surface area contributed by atoms with Gasteiger partial charge in [-0.15, -0.1) is 0 Å². The molecule has 0 saturated carbocycles. The van der Waals surface area contributed by atoms with Crippen molar-refractivity contribution in [2.75, 3.05) is 45.2 Å². The second-order valence-corrected chi connectivity index (χ2v) is 6.21. The highest BCUT2D eigenvalue weighted by atomic mass is 16.5. The van der Waals surface area contributed by atoms with Crippen LogP contribution in [-0.2, 0) is 4.79 Å². The largest absolute Gasteiger partial charge is 0.497 e. The molecule has 136 valence electrons. The maximum Gasteiger partial charge on any atom is 0.253 e. The van der Waals surface area contributed by atoms with Crippen molar-refractivity contribution in [3.8, 4) is 5.75 Å². The Hall–Kier alpha value is -2.86. The SMILES string of the molecule is COc1ccc(NC(=O)CN2CCN(C(=O)c3ccccc3)CC2)cc1. The van der Waals surface area contributed by atoms with Gasteiger partial charge >= 0.3 is 0 Å². The van der Waals surface area contributed by atoms with Crippen LogP contribution in [0.2, 0.25) is 0 Å². The van der Waals surface area contributed by atoms with E-state index in [4.69, 9.17) is 4.74 Å². The number of carbonyl (C=O) groups is 2. The number of ether oxygens (including phenoxy) is 1. The van der Waals surface area contributed by atoms with Crippen LogP contribution < -0.4 is 10.1 Å². The van der Waals surface area contributed by atoms with Crippen molar-refractivity contribution < 1.29 is 14.3 Å². The van der Waals surface area contributed by atoms with E-state index in [1.807, 2.05) is 59.5 Å². The summed E-state index contributed by atoms with van der Waals surface area (Å²) < 4.78 is 5.10. The van der Waals surface area contributed by atoms with Gasteiger partial charge in [0.1, 0.15) is 5.75 Å². The van der Waals surface area contributed by atoms with Crippen LogP contribution in [0.1, 0.15) is 10.4 Å². The first-order chi connectivity index (χ1) is 12.7. The summed E-state index contributed by atoms with van der Waals surface area (Å²) in [5.41, 5.74) is 1.45. The Morgan fingerprint density at radius 3 is 2.23 bits per heavy atom. The Labute approximate surface area is 153 Å². The summed E-state index contributed by atoms with van der Waals surface area (Å²) in [6.45, 7) is 2.95. The molecule has 1 fully saturated rings. The molecule has 0 bridgehead atoms. The molecular formula is C20H23N3O3. The number of piperazine rings is 1. The highest BCUT2D eigenvalue weighted by Crippen LogP contribution is 2.15. The van der Waals surface area contributed by atoms with Crippen LogP contribution >= 0.6 is 0 Å². The minimum Gasteiger partial charge on any atom is -0.497 e. The van der Waals surface area contributed by atoms with Crippen molar-refractivity contribution in [3.05, 3.63) is 60.2 Å². The van der Waals surface area contributed by atoms with Crippen LogP contribution in [0.4, 0.5) is 5.69 Å². The van der Waals surface area contributed by atoms with E-state index in [1.165, 1.54) is 0 Å². The zero-order valence-corrected chi connectivity index (χ0v) is 14.9. The van der Waals surface area contributed by atoms with Crippen LogP contribution in [0, 0.1) is 0 Å². The van der Waals surface area contributed by atoms with Crippen molar-refractivity contribution >= 4 is 17.5 Å². The van der Waals surface area contributed by atoms with Gasteiger partial charge in [0.15, 0.2) is 0 Å². The number of amides is 2. The third-order valence-electron chi connectivity index (χ3n) is 4.42. The van der Waals surface area contributed by atoms with Crippen molar-refractivity contribution in [2.45, 2.75) is 0 Å². The molecule has 0 atom stereocenters. The molecule has 3 rings (SSSR count). The first kappa shape index (κ1) is 17.9. The predicted octanol–water partition coefficient (Wildman–Crippen LogP) is 2.09. The molecule has 0 aromatic heterocycles. The summed E-state index contributed by atoms with van der Waals surface area (Å²) in [6.07, 6.45) is 0. The second kappa shape index (κ2) is 8.49. The van der Waals surface area contributed by atoms with Gasteiger partial charge in [-0.2, -0.15) is 0 Å². The van der Waals surface area contributed by atoms with Gasteiger partial charge in [0.2, 0.25) is 5.91 Å². The van der Waals surface area contributed by atoms with E-state index in [2.05, 4.69) is 10.2 Å². The molecule has 0 spiro atoms. The minimum atomic E-state index is -0.0574. The molecule has 1 saturated heterocycles. The van der Waals surface area contributed by atoms with E-state index in [0.717, 1.165) is 11.4 Å². The number of methoxy groups -OCH3 is 1. The van der Waals surface area contributed by atoms with Crippen LogP contribution in [-0.4, -0.2) is 61.4 Å². The molecule has 0 unspecified atom stereocenters. The van der Waals surface area contributed by atoms with E-state index in [-0.39, 0.29) is 11.8 Å². The first-order valence-corrected chi connectivity index (χ1v) is 8.66. The highest BCUT2D eigenvalue weighted by Gasteiger charge is 2.23. The zero-order chi connectivity index (χ0) is 18.4. The molecule has 2 amide bonds. The van der Waals surface area contributed by atoms with Gasteiger partial charge in [-0.05, 0) is 36.4 Å². The van der Waals surface area contributed by atoms with Gasteiger partial charge in [0.05, 0.1) is 13.7 Å². The van der Waals surface area contributed by atoms with E-state index in [1.54, 1.807) is 7.11 Å². The number of hydrogen-bond donors (Lipinski definition) is 1. The van der Waals surface area contributed by atoms with Crippen LogP contribution in [0.3, 0.4) is 0 Å². The fourth-order valence-corrected chi connectivity index (χ4v) is 2.95. The van der Waals surface area contributed by atoms with Gasteiger partial charge < -0.3 is 15.0 Å². The molecule has 26 heavy (non-hydrogen) atoms. The zero-order valence-electron chi connectivity index (χ0n) is 14.9. The first-order valence-electron chi connectivity index (χ1n) is 8.66. The van der Waals surface area contributed by atoms with E-state index in [0.29, 0.717) is 38.3 Å². The van der Waals surface area contributed by atoms with E-state index < -0.39 is 0 Å². The van der Waals surface area contributed by atoms with Gasteiger partial charge in [0.25, 0.3) is 5.91 Å². The van der Waals surface area contributed by atoms with Crippen molar-refractivity contribution in [1.82, 2.24) is 9.80 Å². The predicted molar refractivity (Wildman–Crippen MR) is 100 cm³/mol. The normalized spacial score (nSPS) is 14.7. The standard InChI is InChI=1S/C20H23N3O3/c1-26-18-9-7-17(8-10-18)21-19(24)15-22-11-13-23(14-12-22)20(25)16-5-3-2-4-6-16/h2-10H,11-15H2,1H3,(H,21,24). The van der Waals surface area contributed by atoms with Gasteiger partial charge in [-0.3, -0.25) is 14.5 Å². The molecule has 1 heterocycles. The molecule has 6 heteroatoms. The lowest BCUT2D eigenvalue weighted by Crippen LogP contribution is -2.50. The quantitative estimate of drug-likeness (QED) is 0.894. The van der Waals surface area contributed by atoms with E-state index >= 15 is 0 Å². The summed E-state index contributed by atoms with van der Waals surface area (Å²) >= 11 is 0. The lowest BCUT2D eigenvalue weighted by molar-refractivity contribution is -0.117. The maximum atomic E-state index is 12.4.